The summed E-state index contributed by atoms with van der Waals surface area (Å²) in [6.07, 6.45) is 4.67. The lowest BCUT2D eigenvalue weighted by molar-refractivity contribution is 0.146. The fourth-order valence-electron chi connectivity index (χ4n) is 3.70. The van der Waals surface area contributed by atoms with E-state index in [-0.39, 0.29) is 6.10 Å². The van der Waals surface area contributed by atoms with Crippen LogP contribution in [0.3, 0.4) is 0 Å². The van der Waals surface area contributed by atoms with Crippen molar-refractivity contribution in [1.29, 1.82) is 0 Å². The van der Waals surface area contributed by atoms with E-state index < -0.39 is 0 Å². The molecule has 1 aromatic carbocycles. The molecule has 0 bridgehead atoms. The summed E-state index contributed by atoms with van der Waals surface area (Å²) in [5.41, 5.74) is 0.937. The molecule has 0 amide bonds. The van der Waals surface area contributed by atoms with Crippen LogP contribution in [0.25, 0.3) is 0 Å². The molecule has 2 aliphatic rings. The first-order valence-corrected chi connectivity index (χ1v) is 7.76. The molecule has 3 unspecified atom stereocenters. The van der Waals surface area contributed by atoms with Gasteiger partial charge < -0.3 is 10.0 Å². The Morgan fingerprint density at radius 1 is 1.26 bits per heavy atom. The Kier molecular flexibility index (Phi) is 4.11. The molecule has 1 heterocycles. The minimum absolute atomic E-state index is 0.390. The molecule has 0 aromatic heterocycles. The van der Waals surface area contributed by atoms with Gasteiger partial charge in [-0.3, -0.25) is 0 Å². The fraction of sp³-hybridized carbons (Fsp3) is 0.625. The number of rotatable bonds is 4. The van der Waals surface area contributed by atoms with Crippen LogP contribution in [0.4, 0.5) is 0 Å². The van der Waals surface area contributed by atoms with Crippen molar-refractivity contribution < 1.29 is 5.11 Å². The number of fused-ring (bicyclic) bond motifs is 1. The fourth-order valence-corrected chi connectivity index (χ4v) is 3.90. The van der Waals surface area contributed by atoms with E-state index in [0.717, 1.165) is 30.4 Å². The maximum absolute atomic E-state index is 10.2. The average Bonchev–Trinajstić information content (AvgIpc) is 2.96. The summed E-state index contributed by atoms with van der Waals surface area (Å²) in [5, 5.41) is 10.9. The third kappa shape index (κ3) is 3.13. The molecule has 1 saturated heterocycles. The maximum atomic E-state index is 10.2. The van der Waals surface area contributed by atoms with Gasteiger partial charge in [-0.1, -0.05) is 30.2 Å². The average molecular weight is 280 g/mol. The number of nitrogens with zero attached hydrogens (tertiary/aromatic N) is 1. The molecule has 1 aromatic rings. The number of hydrogen-bond donors (Lipinski definition) is 1. The zero-order chi connectivity index (χ0) is 13.2. The quantitative estimate of drug-likeness (QED) is 0.912. The lowest BCUT2D eigenvalue weighted by Crippen LogP contribution is -2.24. The highest BCUT2D eigenvalue weighted by molar-refractivity contribution is 6.30. The SMILES string of the molecule is OC(CCN1CC2CCCC2C1)c1cccc(Cl)c1. The molecule has 1 saturated carbocycles. The molecule has 2 fully saturated rings. The Morgan fingerprint density at radius 2 is 2.00 bits per heavy atom. The molecule has 2 nitrogen and oxygen atoms in total. The van der Waals surface area contributed by atoms with Gasteiger partial charge in [0.2, 0.25) is 0 Å². The van der Waals surface area contributed by atoms with Crippen LogP contribution in [-0.2, 0) is 0 Å². The van der Waals surface area contributed by atoms with Gasteiger partial charge in [0.05, 0.1) is 6.10 Å². The Labute approximate surface area is 120 Å². The third-order valence-corrected chi connectivity index (χ3v) is 4.99. The summed E-state index contributed by atoms with van der Waals surface area (Å²) in [5.74, 6) is 1.87. The molecule has 1 N–H and O–H groups in total. The van der Waals surface area contributed by atoms with Crippen LogP contribution in [-0.4, -0.2) is 29.6 Å². The van der Waals surface area contributed by atoms with Gasteiger partial charge in [-0.05, 0) is 48.8 Å². The van der Waals surface area contributed by atoms with E-state index >= 15 is 0 Å². The molecule has 3 heteroatoms. The molecular formula is C16H22ClNO. The van der Waals surface area contributed by atoms with Gasteiger partial charge in [0.1, 0.15) is 0 Å². The van der Waals surface area contributed by atoms with Gasteiger partial charge in [-0.25, -0.2) is 0 Å². The largest absolute Gasteiger partial charge is 0.388 e. The van der Waals surface area contributed by atoms with Crippen molar-refractivity contribution in [3.8, 4) is 0 Å². The van der Waals surface area contributed by atoms with Gasteiger partial charge in [0, 0.05) is 24.7 Å². The van der Waals surface area contributed by atoms with Crippen molar-refractivity contribution in [3.05, 3.63) is 34.9 Å². The van der Waals surface area contributed by atoms with E-state index in [1.165, 1.54) is 32.4 Å². The van der Waals surface area contributed by atoms with Crippen molar-refractivity contribution in [2.45, 2.75) is 31.8 Å². The number of benzene rings is 1. The number of aliphatic hydroxyl groups excluding tert-OH is 1. The van der Waals surface area contributed by atoms with Gasteiger partial charge in [-0.2, -0.15) is 0 Å². The molecule has 19 heavy (non-hydrogen) atoms. The summed E-state index contributed by atoms with van der Waals surface area (Å²) < 4.78 is 0. The van der Waals surface area contributed by atoms with Crippen LogP contribution in [0, 0.1) is 11.8 Å². The molecule has 3 rings (SSSR count). The molecular weight excluding hydrogens is 258 g/mol. The van der Waals surface area contributed by atoms with Crippen molar-refractivity contribution in [2.75, 3.05) is 19.6 Å². The minimum atomic E-state index is -0.390. The number of halogens is 1. The lowest BCUT2D eigenvalue weighted by Gasteiger charge is -2.19. The van der Waals surface area contributed by atoms with E-state index in [9.17, 15) is 5.11 Å². The highest BCUT2D eigenvalue weighted by atomic mass is 35.5. The Morgan fingerprint density at radius 3 is 2.68 bits per heavy atom. The van der Waals surface area contributed by atoms with Crippen molar-refractivity contribution in [3.63, 3.8) is 0 Å². The molecule has 104 valence electrons. The molecule has 0 spiro atoms. The van der Waals surface area contributed by atoms with Gasteiger partial charge in [0.15, 0.2) is 0 Å². The second kappa shape index (κ2) is 5.82. The zero-order valence-corrected chi connectivity index (χ0v) is 12.0. The van der Waals surface area contributed by atoms with Crippen molar-refractivity contribution >= 4 is 11.6 Å². The highest BCUT2D eigenvalue weighted by Gasteiger charge is 2.35. The Hall–Kier alpha value is -0.570. The molecule has 1 aliphatic heterocycles. The standard InChI is InChI=1S/C16H22ClNO/c17-15-6-2-3-12(9-15)16(19)7-8-18-10-13-4-1-5-14(13)11-18/h2-3,6,9,13-14,16,19H,1,4-5,7-8,10-11H2. The predicted molar refractivity (Wildman–Crippen MR) is 78.3 cm³/mol. The minimum Gasteiger partial charge on any atom is -0.388 e. The second-order valence-electron chi connectivity index (χ2n) is 6.07. The van der Waals surface area contributed by atoms with E-state index in [4.69, 9.17) is 11.6 Å². The highest BCUT2D eigenvalue weighted by Crippen LogP contribution is 2.37. The van der Waals surface area contributed by atoms with Crippen molar-refractivity contribution in [2.24, 2.45) is 11.8 Å². The van der Waals surface area contributed by atoms with Crippen LogP contribution < -0.4 is 0 Å². The van der Waals surface area contributed by atoms with Crippen LogP contribution in [0.5, 0.6) is 0 Å². The summed E-state index contributed by atoms with van der Waals surface area (Å²) >= 11 is 5.96. The first-order chi connectivity index (χ1) is 9.22. The van der Waals surface area contributed by atoms with Gasteiger partial charge in [-0.15, -0.1) is 0 Å². The number of likely N-dealkylation sites (tertiary alicyclic amines) is 1. The lowest BCUT2D eigenvalue weighted by atomic mass is 10.0. The van der Waals surface area contributed by atoms with Gasteiger partial charge >= 0.3 is 0 Å². The smallest absolute Gasteiger partial charge is 0.0802 e. The monoisotopic (exact) mass is 279 g/mol. The van der Waals surface area contributed by atoms with Crippen LogP contribution in [0.2, 0.25) is 5.02 Å². The Bertz CT molecular complexity index is 425. The van der Waals surface area contributed by atoms with E-state index in [1.54, 1.807) is 0 Å². The second-order valence-corrected chi connectivity index (χ2v) is 6.51. The maximum Gasteiger partial charge on any atom is 0.0802 e. The van der Waals surface area contributed by atoms with Crippen molar-refractivity contribution in [1.82, 2.24) is 4.90 Å². The van der Waals surface area contributed by atoms with E-state index in [0.29, 0.717) is 5.02 Å². The van der Waals surface area contributed by atoms with E-state index in [2.05, 4.69) is 4.90 Å². The first-order valence-electron chi connectivity index (χ1n) is 7.38. The molecule has 0 radical (unpaired) electrons. The number of aliphatic hydroxyl groups is 1. The summed E-state index contributed by atoms with van der Waals surface area (Å²) in [6, 6.07) is 7.57. The summed E-state index contributed by atoms with van der Waals surface area (Å²) in [4.78, 5) is 2.53. The van der Waals surface area contributed by atoms with Crippen LogP contribution in [0.1, 0.15) is 37.4 Å². The van der Waals surface area contributed by atoms with Crippen LogP contribution >= 0.6 is 11.6 Å². The topological polar surface area (TPSA) is 23.5 Å². The summed E-state index contributed by atoms with van der Waals surface area (Å²) in [7, 11) is 0. The normalized spacial score (nSPS) is 28.5. The zero-order valence-electron chi connectivity index (χ0n) is 11.3. The first kappa shape index (κ1) is 13.4. The number of hydrogen-bond acceptors (Lipinski definition) is 2. The predicted octanol–water partition coefficient (Wildman–Crippen LogP) is 3.50. The van der Waals surface area contributed by atoms with E-state index in [1.807, 2.05) is 24.3 Å². The van der Waals surface area contributed by atoms with Gasteiger partial charge in [0.25, 0.3) is 0 Å². The molecule has 1 aliphatic carbocycles. The Balaban J connectivity index is 1.50. The summed E-state index contributed by atoms with van der Waals surface area (Å²) in [6.45, 7) is 3.49. The van der Waals surface area contributed by atoms with Crippen LogP contribution in [0.15, 0.2) is 24.3 Å². The third-order valence-electron chi connectivity index (χ3n) is 4.75. The molecule has 3 atom stereocenters.